The zero-order chi connectivity index (χ0) is 16.4. The molecule has 3 aromatic rings. The van der Waals surface area contributed by atoms with E-state index in [1.807, 2.05) is 19.9 Å². The van der Waals surface area contributed by atoms with Crippen molar-refractivity contribution < 1.29 is 8.42 Å². The lowest BCUT2D eigenvalue weighted by atomic mass is 10.1. The molecule has 0 fully saturated rings. The quantitative estimate of drug-likeness (QED) is 0.799. The monoisotopic (exact) mass is 328 g/mol. The highest BCUT2D eigenvalue weighted by Gasteiger charge is 2.17. The number of rotatable bonds is 4. The fraction of sp³-hybridized carbons (Fsp3) is 0.125. The molecule has 0 spiro atoms. The van der Waals surface area contributed by atoms with Crippen molar-refractivity contribution in [2.75, 3.05) is 4.72 Å². The molecule has 0 saturated carbocycles. The third kappa shape index (κ3) is 3.09. The predicted molar refractivity (Wildman–Crippen MR) is 88.1 cm³/mol. The van der Waals surface area contributed by atoms with Gasteiger partial charge in [0.25, 0.3) is 10.0 Å². The van der Waals surface area contributed by atoms with Crippen LogP contribution in [-0.2, 0) is 10.0 Å². The lowest BCUT2D eigenvalue weighted by Crippen LogP contribution is -2.15. The Labute approximate surface area is 134 Å². The molecule has 7 heteroatoms. The largest absolute Gasteiger partial charge is 0.277 e. The van der Waals surface area contributed by atoms with E-state index >= 15 is 0 Å². The van der Waals surface area contributed by atoms with E-state index in [0.717, 1.165) is 11.1 Å². The van der Waals surface area contributed by atoms with Crippen LogP contribution in [0.25, 0.3) is 5.69 Å². The summed E-state index contributed by atoms with van der Waals surface area (Å²) in [5, 5.41) is 4.05. The Morgan fingerprint density at radius 3 is 2.52 bits per heavy atom. The summed E-state index contributed by atoms with van der Waals surface area (Å²) >= 11 is 0. The predicted octanol–water partition coefficient (Wildman–Crippen LogP) is 2.68. The first-order chi connectivity index (χ1) is 11.0. The van der Waals surface area contributed by atoms with E-state index < -0.39 is 10.0 Å². The molecule has 0 radical (unpaired) electrons. The van der Waals surface area contributed by atoms with Gasteiger partial charge in [-0.2, -0.15) is 5.10 Å². The molecule has 1 aromatic heterocycles. The molecule has 0 saturated heterocycles. The number of aromatic nitrogens is 3. The maximum Gasteiger partial charge on any atom is 0.261 e. The summed E-state index contributed by atoms with van der Waals surface area (Å²) in [7, 11) is -3.68. The van der Waals surface area contributed by atoms with Crippen LogP contribution in [0.3, 0.4) is 0 Å². The lowest BCUT2D eigenvalue weighted by molar-refractivity contribution is 0.601. The van der Waals surface area contributed by atoms with E-state index in [4.69, 9.17) is 0 Å². The molecule has 2 aromatic carbocycles. The van der Waals surface area contributed by atoms with E-state index in [1.54, 1.807) is 36.4 Å². The number of nitrogens with zero attached hydrogens (tertiary/aromatic N) is 3. The molecule has 3 rings (SSSR count). The molecule has 0 unspecified atom stereocenters. The molecular weight excluding hydrogens is 312 g/mol. The van der Waals surface area contributed by atoms with Crippen LogP contribution in [0, 0.1) is 13.8 Å². The van der Waals surface area contributed by atoms with Gasteiger partial charge in [-0.05, 0) is 49.2 Å². The van der Waals surface area contributed by atoms with Crippen LogP contribution in [0.1, 0.15) is 11.1 Å². The van der Waals surface area contributed by atoms with Gasteiger partial charge in [0.15, 0.2) is 0 Å². The third-order valence-electron chi connectivity index (χ3n) is 3.60. The van der Waals surface area contributed by atoms with E-state index in [0.29, 0.717) is 11.4 Å². The summed E-state index contributed by atoms with van der Waals surface area (Å²) < 4.78 is 29.4. The number of aryl methyl sites for hydroxylation is 2. The Kier molecular flexibility index (Phi) is 3.87. The van der Waals surface area contributed by atoms with E-state index in [1.165, 1.54) is 17.3 Å². The second-order valence-electron chi connectivity index (χ2n) is 5.21. The van der Waals surface area contributed by atoms with Crippen LogP contribution in [0.4, 0.5) is 5.69 Å². The molecule has 0 bridgehead atoms. The molecule has 1 heterocycles. The van der Waals surface area contributed by atoms with Crippen LogP contribution >= 0.6 is 0 Å². The van der Waals surface area contributed by atoms with Crippen molar-refractivity contribution >= 4 is 15.7 Å². The molecule has 0 aliphatic heterocycles. The number of benzene rings is 2. The Balaban J connectivity index is 2.00. The molecule has 118 valence electrons. The Bertz CT molecular complexity index is 934. The average molecular weight is 328 g/mol. The van der Waals surface area contributed by atoms with Crippen LogP contribution in [-0.4, -0.2) is 23.2 Å². The number of sulfonamides is 1. The normalized spacial score (nSPS) is 11.4. The number of hydrogen-bond donors (Lipinski definition) is 1. The minimum Gasteiger partial charge on any atom is -0.277 e. The van der Waals surface area contributed by atoms with Gasteiger partial charge in [0.2, 0.25) is 0 Å². The molecule has 0 amide bonds. The van der Waals surface area contributed by atoms with Crippen LogP contribution < -0.4 is 4.72 Å². The fourth-order valence-corrected chi connectivity index (χ4v) is 3.34. The van der Waals surface area contributed by atoms with Crippen molar-refractivity contribution in [2.24, 2.45) is 0 Å². The number of anilines is 1. The Hall–Kier alpha value is -2.67. The molecule has 6 nitrogen and oxygen atoms in total. The van der Waals surface area contributed by atoms with Gasteiger partial charge in [0.1, 0.15) is 12.7 Å². The maximum absolute atomic E-state index is 12.6. The summed E-state index contributed by atoms with van der Waals surface area (Å²) in [6, 6.07) is 12.1. The van der Waals surface area contributed by atoms with E-state index in [-0.39, 0.29) is 4.90 Å². The molecule has 0 atom stereocenters. The Morgan fingerprint density at radius 2 is 1.83 bits per heavy atom. The molecule has 23 heavy (non-hydrogen) atoms. The second-order valence-corrected chi connectivity index (χ2v) is 6.89. The first-order valence-electron chi connectivity index (χ1n) is 7.01. The van der Waals surface area contributed by atoms with Crippen molar-refractivity contribution in [1.29, 1.82) is 0 Å². The molecular formula is C16H16N4O2S. The zero-order valence-electron chi connectivity index (χ0n) is 12.8. The first-order valence-corrected chi connectivity index (χ1v) is 8.50. The topological polar surface area (TPSA) is 76.9 Å². The van der Waals surface area contributed by atoms with Gasteiger partial charge in [-0.15, -0.1) is 0 Å². The smallest absolute Gasteiger partial charge is 0.261 e. The van der Waals surface area contributed by atoms with Gasteiger partial charge in [-0.1, -0.05) is 18.2 Å². The highest BCUT2D eigenvalue weighted by molar-refractivity contribution is 7.92. The lowest BCUT2D eigenvalue weighted by Gasteiger charge is -2.13. The van der Waals surface area contributed by atoms with Crippen LogP contribution in [0.15, 0.2) is 60.0 Å². The maximum atomic E-state index is 12.6. The van der Waals surface area contributed by atoms with Crippen molar-refractivity contribution in [3.63, 3.8) is 0 Å². The molecule has 0 aliphatic rings. The van der Waals surface area contributed by atoms with Gasteiger partial charge in [0.05, 0.1) is 16.3 Å². The third-order valence-corrected chi connectivity index (χ3v) is 4.97. The zero-order valence-corrected chi connectivity index (χ0v) is 13.6. The summed E-state index contributed by atoms with van der Waals surface area (Å²) in [6.07, 6.45) is 2.91. The number of nitrogens with one attached hydrogen (secondary N) is 1. The summed E-state index contributed by atoms with van der Waals surface area (Å²) in [6.45, 7) is 3.83. The van der Waals surface area contributed by atoms with Crippen molar-refractivity contribution in [2.45, 2.75) is 18.7 Å². The van der Waals surface area contributed by atoms with Gasteiger partial charge in [0, 0.05) is 0 Å². The van der Waals surface area contributed by atoms with Crippen molar-refractivity contribution in [1.82, 2.24) is 14.8 Å². The van der Waals surface area contributed by atoms with Crippen molar-refractivity contribution in [3.8, 4) is 5.69 Å². The molecule has 1 N–H and O–H groups in total. The minimum atomic E-state index is -3.68. The SMILES string of the molecule is Cc1ccc(S(=O)(=O)Nc2ccccc2-n2cncn2)cc1C. The van der Waals surface area contributed by atoms with Gasteiger partial charge < -0.3 is 0 Å². The highest BCUT2D eigenvalue weighted by atomic mass is 32.2. The number of hydrogen-bond acceptors (Lipinski definition) is 4. The van der Waals surface area contributed by atoms with Gasteiger partial charge in [-0.3, -0.25) is 4.72 Å². The van der Waals surface area contributed by atoms with Crippen LogP contribution in [0.2, 0.25) is 0 Å². The van der Waals surface area contributed by atoms with E-state index in [9.17, 15) is 8.42 Å². The molecule has 0 aliphatic carbocycles. The number of para-hydroxylation sites is 2. The second kappa shape index (κ2) is 5.85. The summed E-state index contributed by atoms with van der Waals surface area (Å²) in [5.41, 5.74) is 3.03. The first kappa shape index (κ1) is 15.2. The standard InChI is InChI=1S/C16H16N4O2S/c1-12-7-8-14(9-13(12)2)23(21,22)19-15-5-3-4-6-16(15)20-11-17-10-18-20/h3-11,19H,1-2H3. The van der Waals surface area contributed by atoms with Gasteiger partial charge >= 0.3 is 0 Å². The van der Waals surface area contributed by atoms with Crippen molar-refractivity contribution in [3.05, 3.63) is 66.2 Å². The highest BCUT2D eigenvalue weighted by Crippen LogP contribution is 2.23. The van der Waals surface area contributed by atoms with E-state index in [2.05, 4.69) is 14.8 Å². The summed E-state index contributed by atoms with van der Waals surface area (Å²) in [4.78, 5) is 4.12. The summed E-state index contributed by atoms with van der Waals surface area (Å²) in [5.74, 6) is 0. The van der Waals surface area contributed by atoms with Crippen LogP contribution in [0.5, 0.6) is 0 Å². The minimum absolute atomic E-state index is 0.231. The Morgan fingerprint density at radius 1 is 1.04 bits per heavy atom. The fourth-order valence-electron chi connectivity index (χ4n) is 2.18. The average Bonchev–Trinajstić information content (AvgIpc) is 3.04. The van der Waals surface area contributed by atoms with Gasteiger partial charge in [-0.25, -0.2) is 18.1 Å².